The van der Waals surface area contributed by atoms with E-state index < -0.39 is 34.2 Å². The molecule has 0 aliphatic heterocycles. The van der Waals surface area contributed by atoms with Gasteiger partial charge in [-0.05, 0) is 76.8 Å². The van der Waals surface area contributed by atoms with Crippen molar-refractivity contribution in [1.82, 2.24) is 14.5 Å². The smallest absolute Gasteiger partial charge is 0.304 e. The Balaban J connectivity index is 2.54. The van der Waals surface area contributed by atoms with Crippen LogP contribution in [0.3, 0.4) is 0 Å². The Labute approximate surface area is 216 Å². The van der Waals surface area contributed by atoms with Gasteiger partial charge in [0.25, 0.3) is 0 Å². The van der Waals surface area contributed by atoms with Crippen LogP contribution in [0.2, 0.25) is 0 Å². The predicted octanol–water partition coefficient (Wildman–Crippen LogP) is 3.56. The van der Waals surface area contributed by atoms with Crippen molar-refractivity contribution in [2.24, 2.45) is 0 Å². The van der Waals surface area contributed by atoms with Crippen LogP contribution in [0, 0.1) is 20.8 Å². The first-order chi connectivity index (χ1) is 16.5. The van der Waals surface area contributed by atoms with Gasteiger partial charge in [0.2, 0.25) is 11.8 Å². The zero-order chi connectivity index (χ0) is 27.4. The van der Waals surface area contributed by atoms with Crippen molar-refractivity contribution in [3.8, 4) is 0 Å². The molecule has 0 aromatic heterocycles. The Morgan fingerprint density at radius 2 is 1.58 bits per heavy atom. The van der Waals surface area contributed by atoms with Crippen LogP contribution in [0.4, 0.5) is 5.69 Å². The third-order valence-corrected chi connectivity index (χ3v) is 7.73. The molecule has 198 valence electrons. The number of amides is 2. The average molecular weight is 517 g/mol. The van der Waals surface area contributed by atoms with Crippen LogP contribution in [-0.4, -0.2) is 61.7 Å². The highest BCUT2D eigenvalue weighted by Crippen LogP contribution is 2.26. The van der Waals surface area contributed by atoms with E-state index >= 15 is 0 Å². The minimum absolute atomic E-state index is 0.173. The number of carbonyl (C=O) groups is 2. The Hall–Kier alpha value is -2.91. The maximum atomic E-state index is 13.8. The van der Waals surface area contributed by atoms with Crippen LogP contribution in [-0.2, 0) is 26.3 Å². The first-order valence-electron chi connectivity index (χ1n) is 12.0. The fraction of sp³-hybridized carbons (Fsp3) is 0.481. The summed E-state index contributed by atoms with van der Waals surface area (Å²) in [6.07, 6.45) is 0. The topological polar surface area (TPSA) is 90.0 Å². The van der Waals surface area contributed by atoms with Crippen LogP contribution < -0.4 is 9.62 Å². The van der Waals surface area contributed by atoms with Crippen molar-refractivity contribution < 1.29 is 18.0 Å². The molecule has 0 saturated heterocycles. The highest BCUT2D eigenvalue weighted by atomic mass is 32.2. The first kappa shape index (κ1) is 29.3. The van der Waals surface area contributed by atoms with Gasteiger partial charge in [0.05, 0.1) is 5.69 Å². The van der Waals surface area contributed by atoms with Gasteiger partial charge in [-0.2, -0.15) is 12.7 Å². The predicted molar refractivity (Wildman–Crippen MR) is 145 cm³/mol. The van der Waals surface area contributed by atoms with Gasteiger partial charge in [0.1, 0.15) is 12.6 Å². The van der Waals surface area contributed by atoms with Crippen LogP contribution in [0.1, 0.15) is 49.9 Å². The molecule has 0 aliphatic rings. The number of anilines is 1. The Morgan fingerprint density at radius 1 is 0.972 bits per heavy atom. The van der Waals surface area contributed by atoms with Crippen LogP contribution in [0.5, 0.6) is 0 Å². The standard InChI is InChI=1S/C27H40N4O4S/c1-19-14-15-21(3)24(16-19)31(36(34,35)29(8)9)18-25(32)30(17-23-13-11-10-12-20(23)2)22(4)26(33)28-27(5,6)7/h10-16,22H,17-18H2,1-9H3,(H,28,33)/t22-/m1/s1. The molecule has 9 heteroatoms. The fourth-order valence-corrected chi connectivity index (χ4v) is 4.83. The minimum Gasteiger partial charge on any atom is -0.350 e. The quantitative estimate of drug-likeness (QED) is 0.552. The molecule has 2 aromatic rings. The summed E-state index contributed by atoms with van der Waals surface area (Å²) in [7, 11) is -1.13. The second kappa shape index (κ2) is 11.4. The molecular formula is C27H40N4O4S. The number of aryl methyl sites for hydroxylation is 3. The third-order valence-electron chi connectivity index (χ3n) is 5.92. The van der Waals surface area contributed by atoms with E-state index in [2.05, 4.69) is 5.32 Å². The second-order valence-electron chi connectivity index (χ2n) is 10.5. The van der Waals surface area contributed by atoms with E-state index in [-0.39, 0.29) is 12.5 Å². The molecule has 1 N–H and O–H groups in total. The van der Waals surface area contributed by atoms with Gasteiger partial charge in [-0.25, -0.2) is 4.31 Å². The molecule has 36 heavy (non-hydrogen) atoms. The van der Waals surface area contributed by atoms with Gasteiger partial charge in [0, 0.05) is 26.2 Å². The Bertz CT molecular complexity index is 1200. The van der Waals surface area contributed by atoms with Crippen molar-refractivity contribution in [2.75, 3.05) is 24.9 Å². The van der Waals surface area contributed by atoms with Crippen molar-refractivity contribution in [1.29, 1.82) is 0 Å². The van der Waals surface area contributed by atoms with E-state index in [9.17, 15) is 18.0 Å². The normalized spacial score (nSPS) is 12.8. The molecule has 1 atom stereocenters. The number of hydrogen-bond donors (Lipinski definition) is 1. The monoisotopic (exact) mass is 516 g/mol. The van der Waals surface area contributed by atoms with Gasteiger partial charge >= 0.3 is 10.2 Å². The maximum Gasteiger partial charge on any atom is 0.304 e. The lowest BCUT2D eigenvalue weighted by Crippen LogP contribution is -2.55. The summed E-state index contributed by atoms with van der Waals surface area (Å²) in [6.45, 7) is 12.6. The molecule has 0 unspecified atom stereocenters. The zero-order valence-corrected chi connectivity index (χ0v) is 23.7. The van der Waals surface area contributed by atoms with E-state index in [4.69, 9.17) is 0 Å². The van der Waals surface area contributed by atoms with Crippen molar-refractivity contribution >= 4 is 27.7 Å². The molecule has 0 bridgehead atoms. The van der Waals surface area contributed by atoms with Crippen molar-refractivity contribution in [3.05, 3.63) is 64.7 Å². The minimum atomic E-state index is -4.00. The average Bonchev–Trinajstić information content (AvgIpc) is 2.76. The van der Waals surface area contributed by atoms with Gasteiger partial charge in [-0.3, -0.25) is 9.59 Å². The first-order valence-corrected chi connectivity index (χ1v) is 13.4. The number of rotatable bonds is 9. The number of benzene rings is 2. The highest BCUT2D eigenvalue weighted by molar-refractivity contribution is 7.90. The SMILES string of the molecule is Cc1ccc(C)c(N(CC(=O)N(Cc2ccccc2C)[C@H](C)C(=O)NC(C)(C)C)S(=O)(=O)N(C)C)c1. The number of carbonyl (C=O) groups excluding carboxylic acids is 2. The summed E-state index contributed by atoms with van der Waals surface area (Å²) < 4.78 is 28.9. The molecular weight excluding hydrogens is 476 g/mol. The van der Waals surface area contributed by atoms with Gasteiger partial charge in [0.15, 0.2) is 0 Å². The second-order valence-corrected chi connectivity index (χ2v) is 12.5. The molecule has 0 saturated carbocycles. The molecule has 0 fully saturated rings. The van der Waals surface area contributed by atoms with Crippen LogP contribution in [0.25, 0.3) is 0 Å². The molecule has 2 amide bonds. The van der Waals surface area contributed by atoms with Gasteiger partial charge in [-0.1, -0.05) is 36.4 Å². The van der Waals surface area contributed by atoms with Crippen LogP contribution in [0.15, 0.2) is 42.5 Å². The Kier molecular flexibility index (Phi) is 9.31. The summed E-state index contributed by atoms with van der Waals surface area (Å²) in [5, 5.41) is 2.93. The number of hydrogen-bond acceptors (Lipinski definition) is 4. The Morgan fingerprint density at radius 3 is 2.14 bits per heavy atom. The van der Waals surface area contributed by atoms with E-state index in [1.807, 2.05) is 77.9 Å². The van der Waals surface area contributed by atoms with E-state index in [1.165, 1.54) is 19.0 Å². The largest absolute Gasteiger partial charge is 0.350 e. The summed E-state index contributed by atoms with van der Waals surface area (Å²) in [5.74, 6) is -0.778. The highest BCUT2D eigenvalue weighted by Gasteiger charge is 2.34. The van der Waals surface area contributed by atoms with Gasteiger partial charge in [-0.15, -0.1) is 0 Å². The molecule has 0 heterocycles. The van der Waals surface area contributed by atoms with Crippen LogP contribution >= 0.6 is 0 Å². The summed E-state index contributed by atoms with van der Waals surface area (Å²) in [4.78, 5) is 28.4. The van der Waals surface area contributed by atoms with Crippen molar-refractivity contribution in [2.45, 2.75) is 66.6 Å². The molecule has 0 radical (unpaired) electrons. The van der Waals surface area contributed by atoms with E-state index in [0.717, 1.165) is 30.9 Å². The number of nitrogens with zero attached hydrogens (tertiary/aromatic N) is 3. The molecule has 0 aliphatic carbocycles. The molecule has 8 nitrogen and oxygen atoms in total. The summed E-state index contributed by atoms with van der Waals surface area (Å²) >= 11 is 0. The number of nitrogens with one attached hydrogen (secondary N) is 1. The zero-order valence-electron chi connectivity index (χ0n) is 22.9. The summed E-state index contributed by atoms with van der Waals surface area (Å²) in [5.41, 5.74) is 3.40. The lowest BCUT2D eigenvalue weighted by atomic mass is 10.1. The molecule has 2 aromatic carbocycles. The lowest BCUT2D eigenvalue weighted by molar-refractivity contribution is -0.140. The lowest BCUT2D eigenvalue weighted by Gasteiger charge is -2.34. The van der Waals surface area contributed by atoms with Crippen molar-refractivity contribution in [3.63, 3.8) is 0 Å². The third kappa shape index (κ3) is 7.30. The van der Waals surface area contributed by atoms with E-state index in [0.29, 0.717) is 5.69 Å². The van der Waals surface area contributed by atoms with Gasteiger partial charge < -0.3 is 10.2 Å². The summed E-state index contributed by atoms with van der Waals surface area (Å²) in [6, 6.07) is 12.3. The molecule has 0 spiro atoms. The fourth-order valence-electron chi connectivity index (χ4n) is 3.72. The molecule has 2 rings (SSSR count). The maximum absolute atomic E-state index is 13.8. The van der Waals surface area contributed by atoms with E-state index in [1.54, 1.807) is 13.0 Å².